The molecule has 3 aromatic heterocycles. The lowest BCUT2D eigenvalue weighted by Crippen LogP contribution is -2.29. The maximum absolute atomic E-state index is 7.22. The summed E-state index contributed by atoms with van der Waals surface area (Å²) in [4.78, 5) is 14.4. The van der Waals surface area contributed by atoms with Gasteiger partial charge in [0.1, 0.15) is 5.58 Å². The second-order valence-corrected chi connectivity index (χ2v) is 19.5. The first-order valence-corrected chi connectivity index (χ1v) is 24.1. The largest absolute Gasteiger partial charge is 0.454 e. The Morgan fingerprint density at radius 1 is 0.457 bits per heavy atom. The molecule has 0 amide bonds. The fraction of sp³-hybridized carbons (Fsp3) is 0.108. The van der Waals surface area contributed by atoms with E-state index < -0.39 is 5.41 Å². The lowest BCUT2D eigenvalue weighted by molar-refractivity contribution is 0.590. The first kappa shape index (κ1) is 42.8. The van der Waals surface area contributed by atoms with Crippen molar-refractivity contribution >= 4 is 56.1 Å². The Labute approximate surface area is 410 Å². The van der Waals surface area contributed by atoms with Crippen LogP contribution >= 0.6 is 0 Å². The number of nitrogens with zero attached hydrogens (tertiary/aromatic N) is 4. The highest BCUT2D eigenvalue weighted by molar-refractivity contribution is 6.20. The van der Waals surface area contributed by atoms with Crippen LogP contribution in [0.15, 0.2) is 229 Å². The monoisotopic (exact) mass is 904 g/mol. The fourth-order valence-corrected chi connectivity index (χ4v) is 10.7. The quantitative estimate of drug-likeness (QED) is 0.144. The Morgan fingerprint density at radius 2 is 0.971 bits per heavy atom. The minimum Gasteiger partial charge on any atom is -0.454 e. The van der Waals surface area contributed by atoms with Crippen LogP contribution in [-0.4, -0.2) is 9.97 Å². The van der Waals surface area contributed by atoms with Crippen LogP contribution in [0.1, 0.15) is 60.0 Å². The molecule has 0 saturated heterocycles. The van der Waals surface area contributed by atoms with Gasteiger partial charge in [-0.15, -0.1) is 0 Å². The third-order valence-corrected chi connectivity index (χ3v) is 14.2. The Morgan fingerprint density at radius 3 is 1.57 bits per heavy atom. The predicted molar refractivity (Wildman–Crippen MR) is 290 cm³/mol. The lowest BCUT2D eigenvalue weighted by atomic mass is 9.67. The van der Waals surface area contributed by atoms with Crippen LogP contribution in [0.3, 0.4) is 0 Å². The molecule has 12 rings (SSSR count). The maximum atomic E-state index is 7.22. The molecule has 11 aromatic rings. The third kappa shape index (κ3) is 7.08. The Kier molecular flexibility index (Phi) is 10.3. The summed E-state index contributed by atoms with van der Waals surface area (Å²) in [6.07, 6.45) is 3.97. The van der Waals surface area contributed by atoms with Gasteiger partial charge in [0.05, 0.1) is 34.9 Å². The number of furan rings is 1. The van der Waals surface area contributed by atoms with E-state index in [0.717, 1.165) is 84.1 Å². The van der Waals surface area contributed by atoms with Crippen molar-refractivity contribution in [2.75, 3.05) is 9.80 Å². The van der Waals surface area contributed by atoms with Crippen molar-refractivity contribution in [3.63, 3.8) is 0 Å². The molecule has 0 atom stereocenters. The first-order valence-electron chi connectivity index (χ1n) is 24.1. The van der Waals surface area contributed by atoms with Gasteiger partial charge >= 0.3 is 0 Å². The Balaban J connectivity index is 1.19. The highest BCUT2D eigenvalue weighted by atomic mass is 16.3. The second kappa shape index (κ2) is 16.9. The number of hydrogen-bond donors (Lipinski definition) is 0. The van der Waals surface area contributed by atoms with Crippen molar-refractivity contribution in [2.24, 2.45) is 0 Å². The lowest BCUT2D eigenvalue weighted by Gasteiger charge is -2.35. The summed E-state index contributed by atoms with van der Waals surface area (Å²) in [7, 11) is 0. The van der Waals surface area contributed by atoms with Crippen molar-refractivity contribution in [2.45, 2.75) is 45.4 Å². The number of pyridine rings is 2. The van der Waals surface area contributed by atoms with Crippen LogP contribution in [-0.2, 0) is 10.8 Å². The molecule has 0 unspecified atom stereocenters. The molecule has 0 bridgehead atoms. The molecule has 338 valence electrons. The van der Waals surface area contributed by atoms with Crippen LogP contribution in [0.25, 0.3) is 44.2 Å². The van der Waals surface area contributed by atoms with Gasteiger partial charge in [0, 0.05) is 39.2 Å². The van der Waals surface area contributed by atoms with Gasteiger partial charge in [-0.1, -0.05) is 160 Å². The molecule has 0 N–H and O–H groups in total. The summed E-state index contributed by atoms with van der Waals surface area (Å²) < 4.78 is 7.22. The van der Waals surface area contributed by atoms with Crippen molar-refractivity contribution in [3.8, 4) is 22.3 Å². The molecule has 3 heterocycles. The molecule has 1 aliphatic rings. The van der Waals surface area contributed by atoms with Crippen LogP contribution in [0.5, 0.6) is 0 Å². The average Bonchev–Trinajstić information content (AvgIpc) is 3.92. The number of para-hydroxylation sites is 1. The maximum Gasteiger partial charge on any atom is 0.160 e. The minimum atomic E-state index is -0.728. The smallest absolute Gasteiger partial charge is 0.160 e. The van der Waals surface area contributed by atoms with E-state index in [0.29, 0.717) is 0 Å². The molecule has 70 heavy (non-hydrogen) atoms. The van der Waals surface area contributed by atoms with Crippen molar-refractivity contribution in [1.82, 2.24) is 9.97 Å². The summed E-state index contributed by atoms with van der Waals surface area (Å²) in [5, 5.41) is 2.13. The van der Waals surface area contributed by atoms with Gasteiger partial charge in [-0.25, -0.2) is 0 Å². The van der Waals surface area contributed by atoms with E-state index in [2.05, 4.69) is 243 Å². The van der Waals surface area contributed by atoms with E-state index in [1.165, 1.54) is 33.4 Å². The van der Waals surface area contributed by atoms with E-state index in [4.69, 9.17) is 14.4 Å². The number of benzene rings is 8. The van der Waals surface area contributed by atoms with Crippen LogP contribution in [0, 0.1) is 13.8 Å². The molecule has 0 radical (unpaired) electrons. The molecule has 0 saturated carbocycles. The highest BCUT2D eigenvalue weighted by Gasteiger charge is 2.48. The minimum absolute atomic E-state index is 0.0128. The topological polar surface area (TPSA) is 45.4 Å². The van der Waals surface area contributed by atoms with Gasteiger partial charge in [-0.3, -0.25) is 9.97 Å². The molecule has 0 spiro atoms. The molecule has 1 aliphatic carbocycles. The number of fused-ring (bicyclic) bond motifs is 7. The van der Waals surface area contributed by atoms with Crippen LogP contribution in [0.2, 0.25) is 0 Å². The van der Waals surface area contributed by atoms with Gasteiger partial charge in [0.2, 0.25) is 0 Å². The molecular formula is C65H52N4O. The van der Waals surface area contributed by atoms with Crippen LogP contribution < -0.4 is 9.80 Å². The number of rotatable bonds is 9. The zero-order valence-electron chi connectivity index (χ0n) is 40.1. The van der Waals surface area contributed by atoms with Crippen LogP contribution in [0.4, 0.5) is 34.1 Å². The molecule has 8 aromatic carbocycles. The molecule has 5 nitrogen and oxygen atoms in total. The summed E-state index contributed by atoms with van der Waals surface area (Å²) in [6, 6.07) is 77.0. The van der Waals surface area contributed by atoms with E-state index >= 15 is 0 Å². The van der Waals surface area contributed by atoms with E-state index in [-0.39, 0.29) is 5.41 Å². The van der Waals surface area contributed by atoms with Gasteiger partial charge in [-0.2, -0.15) is 0 Å². The summed E-state index contributed by atoms with van der Waals surface area (Å²) in [5.41, 5.74) is 19.4. The summed E-state index contributed by atoms with van der Waals surface area (Å²) in [5.74, 6) is 0. The first-order chi connectivity index (χ1) is 34.2. The van der Waals surface area contributed by atoms with E-state index in [9.17, 15) is 0 Å². The summed E-state index contributed by atoms with van der Waals surface area (Å²) in [6.45, 7) is 10.9. The standard InChI is InChI=1S/C65H52N4O/c1-43-25-31-53(41-66-43)68(50-33-27-46(28-34-50)45-17-9-6-10-18-45)52-37-38-57-56(39-52)61-58(65(57,48-19-11-7-12-20-48)49-21-13-8-14-22-49)40-59(63-62(61)55-23-15-16-24-60(55)70-63)69(54-32-26-44(2)67-42-54)51-35-29-47(30-36-51)64(3,4)5/h6-42H,1-5H3. The zero-order chi connectivity index (χ0) is 47.6. The highest BCUT2D eigenvalue weighted by Crippen LogP contribution is 2.62. The number of anilines is 6. The second-order valence-electron chi connectivity index (χ2n) is 19.5. The third-order valence-electron chi connectivity index (χ3n) is 14.2. The van der Waals surface area contributed by atoms with Gasteiger partial charge in [0.15, 0.2) is 5.58 Å². The molecule has 0 fully saturated rings. The molecule has 0 aliphatic heterocycles. The van der Waals surface area contributed by atoms with Crippen molar-refractivity contribution in [1.29, 1.82) is 0 Å². The number of hydrogen-bond acceptors (Lipinski definition) is 5. The van der Waals surface area contributed by atoms with E-state index in [1.807, 2.05) is 26.2 Å². The Hall–Kier alpha value is -8.54. The summed E-state index contributed by atoms with van der Waals surface area (Å²) >= 11 is 0. The predicted octanol–water partition coefficient (Wildman–Crippen LogP) is 17.3. The molecular weight excluding hydrogens is 853 g/mol. The zero-order valence-corrected chi connectivity index (χ0v) is 40.1. The van der Waals surface area contributed by atoms with Gasteiger partial charge in [0.25, 0.3) is 0 Å². The van der Waals surface area contributed by atoms with Crippen molar-refractivity contribution < 1.29 is 4.42 Å². The number of aromatic nitrogens is 2. The van der Waals surface area contributed by atoms with E-state index in [1.54, 1.807) is 0 Å². The normalized spacial score (nSPS) is 12.8. The average molecular weight is 905 g/mol. The van der Waals surface area contributed by atoms with Crippen molar-refractivity contribution in [3.05, 3.63) is 264 Å². The fourth-order valence-electron chi connectivity index (χ4n) is 10.7. The van der Waals surface area contributed by atoms with Gasteiger partial charge < -0.3 is 14.2 Å². The Bertz CT molecular complexity index is 3630. The number of aryl methyl sites for hydroxylation is 2. The van der Waals surface area contributed by atoms with Gasteiger partial charge in [-0.05, 0) is 142 Å². The molecule has 5 heteroatoms. The SMILES string of the molecule is Cc1ccc(N(c2ccc(-c3ccccc3)cc2)c2ccc3c(c2)-c2c(cc(N(c4ccc(C(C)(C)C)cc4)c4ccc(C)nc4)c4oc5ccccc5c24)C3(c2ccccc2)c2ccccc2)cn1.